The molecule has 1 aromatic heterocycles. The van der Waals surface area contributed by atoms with Crippen molar-refractivity contribution in [1.29, 1.82) is 0 Å². The van der Waals surface area contributed by atoms with Crippen molar-refractivity contribution in [3.8, 4) is 0 Å². The van der Waals surface area contributed by atoms with Crippen molar-refractivity contribution in [3.63, 3.8) is 0 Å². The summed E-state index contributed by atoms with van der Waals surface area (Å²) in [5.41, 5.74) is 2.47. The highest BCUT2D eigenvalue weighted by Crippen LogP contribution is 2.05. The molecular formula is C20H25N3. The molecular weight excluding hydrogens is 282 g/mol. The maximum atomic E-state index is 4.40. The molecule has 0 atom stereocenters. The standard InChI is InChI=1S/C20H25N3/c1-2-7-19(8-3-1)9-6-13-22-15-17-23(18-16-22)14-11-20-10-4-5-12-21-20/h1-10,12H,11,13-18H2. The number of aromatic nitrogens is 1. The average molecular weight is 307 g/mol. The molecule has 1 aliphatic rings. The van der Waals surface area contributed by atoms with Crippen molar-refractivity contribution in [2.75, 3.05) is 39.3 Å². The summed E-state index contributed by atoms with van der Waals surface area (Å²) < 4.78 is 0. The minimum Gasteiger partial charge on any atom is -0.300 e. The molecule has 1 aromatic carbocycles. The summed E-state index contributed by atoms with van der Waals surface area (Å²) in [7, 11) is 0. The lowest BCUT2D eigenvalue weighted by atomic mass is 10.2. The quantitative estimate of drug-likeness (QED) is 0.818. The molecule has 2 heterocycles. The molecule has 0 bridgehead atoms. The van der Waals surface area contributed by atoms with Gasteiger partial charge in [0.1, 0.15) is 0 Å². The average Bonchev–Trinajstić information content (AvgIpc) is 2.63. The third kappa shape index (κ3) is 5.31. The monoisotopic (exact) mass is 307 g/mol. The zero-order valence-corrected chi connectivity index (χ0v) is 13.6. The van der Waals surface area contributed by atoms with Crippen LogP contribution in [0.15, 0.2) is 60.8 Å². The second kappa shape index (κ2) is 8.61. The van der Waals surface area contributed by atoms with E-state index >= 15 is 0 Å². The summed E-state index contributed by atoms with van der Waals surface area (Å²) in [4.78, 5) is 9.47. The van der Waals surface area contributed by atoms with Crippen LogP contribution in [0.5, 0.6) is 0 Å². The Bertz CT molecular complexity index is 587. The number of nitrogens with zero attached hydrogens (tertiary/aromatic N) is 3. The summed E-state index contributed by atoms with van der Waals surface area (Å²) in [6.07, 6.45) is 7.42. The number of pyridine rings is 1. The Morgan fingerprint density at radius 2 is 1.61 bits per heavy atom. The van der Waals surface area contributed by atoms with E-state index in [1.54, 1.807) is 0 Å². The van der Waals surface area contributed by atoms with E-state index < -0.39 is 0 Å². The Morgan fingerprint density at radius 3 is 2.35 bits per heavy atom. The molecule has 3 rings (SSSR count). The second-order valence-corrected chi connectivity index (χ2v) is 6.03. The lowest BCUT2D eigenvalue weighted by Crippen LogP contribution is -2.46. The zero-order valence-electron chi connectivity index (χ0n) is 13.6. The van der Waals surface area contributed by atoms with Gasteiger partial charge in [-0.15, -0.1) is 0 Å². The predicted molar refractivity (Wildman–Crippen MR) is 96.3 cm³/mol. The van der Waals surface area contributed by atoms with Crippen LogP contribution >= 0.6 is 0 Å². The van der Waals surface area contributed by atoms with E-state index in [9.17, 15) is 0 Å². The van der Waals surface area contributed by atoms with Crippen LogP contribution in [-0.2, 0) is 6.42 Å². The smallest absolute Gasteiger partial charge is 0.0416 e. The Balaban J connectivity index is 1.36. The maximum Gasteiger partial charge on any atom is 0.0416 e. The van der Waals surface area contributed by atoms with Crippen LogP contribution in [-0.4, -0.2) is 54.1 Å². The van der Waals surface area contributed by atoms with Crippen LogP contribution in [0.2, 0.25) is 0 Å². The molecule has 120 valence electrons. The third-order valence-electron chi connectivity index (χ3n) is 4.35. The van der Waals surface area contributed by atoms with Crippen LogP contribution in [0.4, 0.5) is 0 Å². The van der Waals surface area contributed by atoms with Crippen molar-refractivity contribution >= 4 is 6.08 Å². The first-order valence-corrected chi connectivity index (χ1v) is 8.46. The van der Waals surface area contributed by atoms with E-state index in [1.165, 1.54) is 11.3 Å². The number of rotatable bonds is 6. The molecule has 1 saturated heterocycles. The van der Waals surface area contributed by atoms with Crippen LogP contribution in [0.1, 0.15) is 11.3 Å². The summed E-state index contributed by atoms with van der Waals surface area (Å²) in [6, 6.07) is 16.7. The van der Waals surface area contributed by atoms with Gasteiger partial charge in [0.15, 0.2) is 0 Å². The molecule has 0 radical (unpaired) electrons. The van der Waals surface area contributed by atoms with Crippen molar-refractivity contribution in [2.24, 2.45) is 0 Å². The highest BCUT2D eigenvalue weighted by molar-refractivity contribution is 5.48. The van der Waals surface area contributed by atoms with Gasteiger partial charge in [-0.2, -0.15) is 0 Å². The van der Waals surface area contributed by atoms with Gasteiger partial charge in [0.05, 0.1) is 0 Å². The lowest BCUT2D eigenvalue weighted by molar-refractivity contribution is 0.143. The Hall–Kier alpha value is -1.97. The Labute approximate surface area is 139 Å². The molecule has 3 nitrogen and oxygen atoms in total. The molecule has 3 heteroatoms. The van der Waals surface area contributed by atoms with E-state index in [1.807, 2.05) is 12.3 Å². The molecule has 1 fully saturated rings. The number of hydrogen-bond donors (Lipinski definition) is 0. The van der Waals surface area contributed by atoms with Crippen molar-refractivity contribution in [3.05, 3.63) is 72.1 Å². The normalized spacial score (nSPS) is 16.9. The summed E-state index contributed by atoms with van der Waals surface area (Å²) >= 11 is 0. The second-order valence-electron chi connectivity index (χ2n) is 6.03. The topological polar surface area (TPSA) is 19.4 Å². The minimum atomic E-state index is 1.04. The molecule has 0 aliphatic carbocycles. The largest absolute Gasteiger partial charge is 0.300 e. The number of piperazine rings is 1. The van der Waals surface area contributed by atoms with E-state index in [4.69, 9.17) is 0 Å². The van der Waals surface area contributed by atoms with Crippen molar-refractivity contribution in [1.82, 2.24) is 14.8 Å². The van der Waals surface area contributed by atoms with Gasteiger partial charge in [0.25, 0.3) is 0 Å². The summed E-state index contributed by atoms with van der Waals surface area (Å²) in [5, 5.41) is 0. The molecule has 0 N–H and O–H groups in total. The van der Waals surface area contributed by atoms with E-state index in [0.29, 0.717) is 0 Å². The van der Waals surface area contributed by atoms with Gasteiger partial charge in [-0.3, -0.25) is 9.88 Å². The Kier molecular flexibility index (Phi) is 5.95. The fraction of sp³-hybridized carbons (Fsp3) is 0.350. The van der Waals surface area contributed by atoms with Gasteiger partial charge in [0, 0.05) is 57.6 Å². The fourth-order valence-corrected chi connectivity index (χ4v) is 2.92. The fourth-order valence-electron chi connectivity index (χ4n) is 2.92. The third-order valence-corrected chi connectivity index (χ3v) is 4.35. The molecule has 1 aliphatic heterocycles. The maximum absolute atomic E-state index is 4.40. The van der Waals surface area contributed by atoms with Crippen molar-refractivity contribution in [2.45, 2.75) is 6.42 Å². The van der Waals surface area contributed by atoms with Crippen LogP contribution in [0, 0.1) is 0 Å². The number of benzene rings is 1. The minimum absolute atomic E-state index is 1.04. The number of hydrogen-bond acceptors (Lipinski definition) is 3. The van der Waals surface area contributed by atoms with E-state index in [0.717, 1.165) is 45.7 Å². The molecule has 0 spiro atoms. The van der Waals surface area contributed by atoms with Gasteiger partial charge in [-0.1, -0.05) is 48.6 Å². The van der Waals surface area contributed by atoms with Gasteiger partial charge in [-0.25, -0.2) is 0 Å². The van der Waals surface area contributed by atoms with Crippen LogP contribution in [0.25, 0.3) is 6.08 Å². The molecule has 0 amide bonds. The first kappa shape index (κ1) is 15.9. The molecule has 0 unspecified atom stereocenters. The van der Waals surface area contributed by atoms with Crippen molar-refractivity contribution < 1.29 is 0 Å². The predicted octanol–water partition coefficient (Wildman–Crippen LogP) is 2.96. The highest BCUT2D eigenvalue weighted by Gasteiger charge is 2.15. The molecule has 0 saturated carbocycles. The lowest BCUT2D eigenvalue weighted by Gasteiger charge is -2.34. The van der Waals surface area contributed by atoms with E-state index in [-0.39, 0.29) is 0 Å². The molecule has 23 heavy (non-hydrogen) atoms. The highest BCUT2D eigenvalue weighted by atomic mass is 15.3. The first-order valence-electron chi connectivity index (χ1n) is 8.46. The van der Waals surface area contributed by atoms with Gasteiger partial charge in [-0.05, 0) is 17.7 Å². The zero-order chi connectivity index (χ0) is 15.7. The van der Waals surface area contributed by atoms with Gasteiger partial charge >= 0.3 is 0 Å². The van der Waals surface area contributed by atoms with Gasteiger partial charge < -0.3 is 4.90 Å². The summed E-state index contributed by atoms with van der Waals surface area (Å²) in [6.45, 7) is 6.79. The Morgan fingerprint density at radius 1 is 0.870 bits per heavy atom. The van der Waals surface area contributed by atoms with Crippen LogP contribution in [0.3, 0.4) is 0 Å². The summed E-state index contributed by atoms with van der Waals surface area (Å²) in [5.74, 6) is 0. The molecule has 2 aromatic rings. The first-order chi connectivity index (χ1) is 11.4. The SMILES string of the molecule is C(=Cc1ccccc1)CN1CCN(CCc2ccccn2)CC1. The van der Waals surface area contributed by atoms with Gasteiger partial charge in [0.2, 0.25) is 0 Å². The van der Waals surface area contributed by atoms with E-state index in [2.05, 4.69) is 69.4 Å². The van der Waals surface area contributed by atoms with Crippen LogP contribution < -0.4 is 0 Å².